The summed E-state index contributed by atoms with van der Waals surface area (Å²) in [6, 6.07) is 13.3. The van der Waals surface area contributed by atoms with E-state index in [0.29, 0.717) is 29.6 Å². The van der Waals surface area contributed by atoms with Crippen molar-refractivity contribution in [1.29, 1.82) is 0 Å². The van der Waals surface area contributed by atoms with E-state index in [1.165, 1.54) is 12.1 Å². The summed E-state index contributed by atoms with van der Waals surface area (Å²) in [4.78, 5) is 20.7. The van der Waals surface area contributed by atoms with Gasteiger partial charge in [-0.15, -0.1) is 0 Å². The Labute approximate surface area is 166 Å². The molecule has 0 aliphatic rings. The number of nitrogens with zero attached hydrogens (tertiary/aromatic N) is 2. The SMILES string of the molecule is Cc1nc(-c2ccc(NC(=O)CCc3ncc(-c4ccc(F)cc4)o3)cc2)co1. The number of carbonyl (C=O) groups is 1. The topological polar surface area (TPSA) is 81.2 Å². The highest BCUT2D eigenvalue weighted by molar-refractivity contribution is 5.91. The third-order valence-electron chi connectivity index (χ3n) is 4.33. The molecule has 0 saturated heterocycles. The van der Waals surface area contributed by atoms with Crippen LogP contribution in [0.5, 0.6) is 0 Å². The lowest BCUT2D eigenvalue weighted by Gasteiger charge is -2.05. The van der Waals surface area contributed by atoms with Crippen LogP contribution in [-0.2, 0) is 11.2 Å². The molecule has 2 aromatic heterocycles. The van der Waals surface area contributed by atoms with Gasteiger partial charge in [0.1, 0.15) is 17.8 Å². The van der Waals surface area contributed by atoms with E-state index in [1.807, 2.05) is 24.3 Å². The predicted molar refractivity (Wildman–Crippen MR) is 106 cm³/mol. The van der Waals surface area contributed by atoms with E-state index in [0.717, 1.165) is 16.8 Å². The lowest BCUT2D eigenvalue weighted by atomic mass is 10.1. The molecule has 29 heavy (non-hydrogen) atoms. The van der Waals surface area contributed by atoms with Crippen molar-refractivity contribution in [1.82, 2.24) is 9.97 Å². The molecule has 0 aliphatic carbocycles. The van der Waals surface area contributed by atoms with Gasteiger partial charge in [-0.3, -0.25) is 4.79 Å². The van der Waals surface area contributed by atoms with E-state index < -0.39 is 0 Å². The molecule has 2 heterocycles. The summed E-state index contributed by atoms with van der Waals surface area (Å²) in [6.07, 6.45) is 3.77. The van der Waals surface area contributed by atoms with Crippen LogP contribution >= 0.6 is 0 Å². The molecule has 2 aromatic carbocycles. The molecule has 1 amide bonds. The van der Waals surface area contributed by atoms with Gasteiger partial charge >= 0.3 is 0 Å². The molecule has 0 bridgehead atoms. The summed E-state index contributed by atoms with van der Waals surface area (Å²) in [5.74, 6) is 1.15. The Hall–Kier alpha value is -3.74. The molecular weight excluding hydrogens is 373 g/mol. The molecule has 0 unspecified atom stereocenters. The molecule has 1 N–H and O–H groups in total. The zero-order valence-corrected chi connectivity index (χ0v) is 15.7. The number of oxazole rings is 2. The standard InChI is InChI=1S/C22H18FN3O3/c1-14-25-19(13-28-14)15-4-8-18(9-5-15)26-21(27)10-11-22-24-12-20(29-22)16-2-6-17(23)7-3-16/h2-9,12-13H,10-11H2,1H3,(H,26,27). The number of aryl methyl sites for hydroxylation is 2. The predicted octanol–water partition coefficient (Wildman–Crippen LogP) is 5.02. The average Bonchev–Trinajstić information content (AvgIpc) is 3.37. The Bertz CT molecular complexity index is 1110. The number of aromatic nitrogens is 2. The van der Waals surface area contributed by atoms with Crippen LogP contribution in [0.1, 0.15) is 18.2 Å². The monoisotopic (exact) mass is 391 g/mol. The van der Waals surface area contributed by atoms with Crippen LogP contribution in [0.3, 0.4) is 0 Å². The Morgan fingerprint density at radius 2 is 1.79 bits per heavy atom. The zero-order valence-electron chi connectivity index (χ0n) is 15.7. The molecule has 6 nitrogen and oxygen atoms in total. The second kappa shape index (κ2) is 8.10. The van der Waals surface area contributed by atoms with E-state index in [4.69, 9.17) is 8.83 Å². The molecule has 146 valence electrons. The van der Waals surface area contributed by atoms with E-state index in [1.54, 1.807) is 31.5 Å². The van der Waals surface area contributed by atoms with Crippen molar-refractivity contribution in [2.45, 2.75) is 19.8 Å². The molecule has 0 aliphatic heterocycles. The number of hydrogen-bond acceptors (Lipinski definition) is 5. The van der Waals surface area contributed by atoms with Gasteiger partial charge in [-0.25, -0.2) is 14.4 Å². The van der Waals surface area contributed by atoms with Crippen LogP contribution in [0.4, 0.5) is 10.1 Å². The van der Waals surface area contributed by atoms with Gasteiger partial charge < -0.3 is 14.2 Å². The minimum atomic E-state index is -0.311. The first kappa shape index (κ1) is 18.6. The van der Waals surface area contributed by atoms with Gasteiger partial charge in [0, 0.05) is 36.6 Å². The first-order valence-corrected chi connectivity index (χ1v) is 9.10. The lowest BCUT2D eigenvalue weighted by Crippen LogP contribution is -2.12. The van der Waals surface area contributed by atoms with Gasteiger partial charge in [0.05, 0.1) is 6.20 Å². The molecule has 0 saturated carbocycles. The first-order valence-electron chi connectivity index (χ1n) is 9.10. The highest BCUT2D eigenvalue weighted by Gasteiger charge is 2.10. The summed E-state index contributed by atoms with van der Waals surface area (Å²) in [5.41, 5.74) is 3.09. The number of amides is 1. The third-order valence-corrected chi connectivity index (χ3v) is 4.33. The van der Waals surface area contributed by atoms with Gasteiger partial charge in [0.25, 0.3) is 0 Å². The number of benzene rings is 2. The van der Waals surface area contributed by atoms with E-state index in [9.17, 15) is 9.18 Å². The van der Waals surface area contributed by atoms with Gasteiger partial charge in [-0.05, 0) is 36.4 Å². The van der Waals surface area contributed by atoms with Crippen molar-refractivity contribution in [3.05, 3.63) is 78.6 Å². The van der Waals surface area contributed by atoms with Crippen molar-refractivity contribution in [3.8, 4) is 22.6 Å². The molecule has 0 fully saturated rings. The van der Waals surface area contributed by atoms with Crippen LogP contribution in [0.15, 0.2) is 69.8 Å². The van der Waals surface area contributed by atoms with Crippen molar-refractivity contribution in [2.75, 3.05) is 5.32 Å². The molecular formula is C22H18FN3O3. The van der Waals surface area contributed by atoms with E-state index in [2.05, 4.69) is 15.3 Å². The highest BCUT2D eigenvalue weighted by Crippen LogP contribution is 2.22. The zero-order chi connectivity index (χ0) is 20.2. The van der Waals surface area contributed by atoms with Crippen LogP contribution < -0.4 is 5.32 Å². The molecule has 7 heteroatoms. The van der Waals surface area contributed by atoms with Crippen LogP contribution in [-0.4, -0.2) is 15.9 Å². The number of rotatable bonds is 6. The van der Waals surface area contributed by atoms with Gasteiger partial charge in [-0.1, -0.05) is 12.1 Å². The van der Waals surface area contributed by atoms with Crippen molar-refractivity contribution in [2.24, 2.45) is 0 Å². The molecule has 0 radical (unpaired) electrons. The maximum absolute atomic E-state index is 13.0. The summed E-state index contributed by atoms with van der Waals surface area (Å²) in [6.45, 7) is 1.79. The summed E-state index contributed by atoms with van der Waals surface area (Å²) < 4.78 is 23.9. The van der Waals surface area contributed by atoms with E-state index in [-0.39, 0.29) is 18.1 Å². The normalized spacial score (nSPS) is 10.8. The maximum Gasteiger partial charge on any atom is 0.224 e. The van der Waals surface area contributed by atoms with Crippen molar-refractivity contribution in [3.63, 3.8) is 0 Å². The van der Waals surface area contributed by atoms with Gasteiger partial charge in [0.2, 0.25) is 5.91 Å². The molecule has 0 spiro atoms. The average molecular weight is 391 g/mol. The van der Waals surface area contributed by atoms with Crippen molar-refractivity contribution < 1.29 is 18.0 Å². The number of carbonyl (C=O) groups excluding carboxylic acids is 1. The fourth-order valence-corrected chi connectivity index (χ4v) is 2.84. The summed E-state index contributed by atoms with van der Waals surface area (Å²) in [7, 11) is 0. The summed E-state index contributed by atoms with van der Waals surface area (Å²) in [5, 5.41) is 2.85. The van der Waals surface area contributed by atoms with Gasteiger partial charge in [-0.2, -0.15) is 0 Å². The second-order valence-corrected chi connectivity index (χ2v) is 6.50. The smallest absolute Gasteiger partial charge is 0.224 e. The molecule has 4 rings (SSSR count). The van der Waals surface area contributed by atoms with Crippen LogP contribution in [0, 0.1) is 12.7 Å². The Morgan fingerprint density at radius 1 is 1.07 bits per heavy atom. The van der Waals surface area contributed by atoms with Crippen molar-refractivity contribution >= 4 is 11.6 Å². The quantitative estimate of drug-likeness (QED) is 0.499. The maximum atomic E-state index is 13.0. The Morgan fingerprint density at radius 3 is 2.48 bits per heavy atom. The third kappa shape index (κ3) is 4.57. The van der Waals surface area contributed by atoms with Crippen LogP contribution in [0.25, 0.3) is 22.6 Å². The Kier molecular flexibility index (Phi) is 5.20. The molecule has 4 aromatic rings. The first-order chi connectivity index (χ1) is 14.1. The summed E-state index contributed by atoms with van der Waals surface area (Å²) >= 11 is 0. The Balaban J connectivity index is 1.31. The minimum Gasteiger partial charge on any atom is -0.449 e. The highest BCUT2D eigenvalue weighted by atomic mass is 19.1. The number of hydrogen-bond donors (Lipinski definition) is 1. The van der Waals surface area contributed by atoms with Gasteiger partial charge in [0.15, 0.2) is 17.5 Å². The van der Waals surface area contributed by atoms with Crippen LogP contribution in [0.2, 0.25) is 0 Å². The minimum absolute atomic E-state index is 0.142. The number of anilines is 1. The fraction of sp³-hybridized carbons (Fsp3) is 0.136. The fourth-order valence-electron chi connectivity index (χ4n) is 2.84. The number of halogens is 1. The second-order valence-electron chi connectivity index (χ2n) is 6.50. The number of nitrogens with one attached hydrogen (secondary N) is 1. The molecule has 0 atom stereocenters. The lowest BCUT2D eigenvalue weighted by molar-refractivity contribution is -0.116. The van der Waals surface area contributed by atoms with E-state index >= 15 is 0 Å². The largest absolute Gasteiger partial charge is 0.449 e.